The summed E-state index contributed by atoms with van der Waals surface area (Å²) >= 11 is 0. The molecule has 0 saturated carbocycles. The van der Waals surface area contributed by atoms with Gasteiger partial charge in [0, 0.05) is 6.20 Å². The van der Waals surface area contributed by atoms with Crippen molar-refractivity contribution in [3.63, 3.8) is 0 Å². The second-order valence-electron chi connectivity index (χ2n) is 6.92. The van der Waals surface area contributed by atoms with E-state index in [2.05, 4.69) is 20.0 Å². The highest BCUT2D eigenvalue weighted by molar-refractivity contribution is 7.89. The van der Waals surface area contributed by atoms with Crippen molar-refractivity contribution in [2.75, 3.05) is 6.61 Å². The van der Waals surface area contributed by atoms with Gasteiger partial charge in [-0.3, -0.25) is 4.79 Å². The minimum atomic E-state index is -3.90. The number of nitrogens with one attached hydrogen (secondary N) is 2. The van der Waals surface area contributed by atoms with Crippen LogP contribution in [-0.2, 0) is 26.1 Å². The van der Waals surface area contributed by atoms with Crippen molar-refractivity contribution in [2.45, 2.75) is 49.0 Å². The van der Waals surface area contributed by atoms with Crippen LogP contribution in [0.2, 0.25) is 0 Å². The number of amides is 1. The SMILES string of the molecule is O=C(C[C@@H]1CC[C@@H](NS(=O)(=O)c2ccc(F)cc2)[C@@H](CO)O1)NCc1ccncn1. The molecule has 1 aromatic heterocycles. The van der Waals surface area contributed by atoms with Gasteiger partial charge in [0.25, 0.3) is 0 Å². The number of sulfonamides is 1. The lowest BCUT2D eigenvalue weighted by Crippen LogP contribution is -2.51. The van der Waals surface area contributed by atoms with Gasteiger partial charge in [-0.1, -0.05) is 0 Å². The van der Waals surface area contributed by atoms with Crippen molar-refractivity contribution in [3.05, 3.63) is 54.4 Å². The van der Waals surface area contributed by atoms with E-state index in [4.69, 9.17) is 4.74 Å². The Kier molecular flexibility index (Phi) is 7.43. The van der Waals surface area contributed by atoms with Gasteiger partial charge in [0.1, 0.15) is 12.1 Å². The van der Waals surface area contributed by atoms with Gasteiger partial charge in [-0.15, -0.1) is 0 Å². The van der Waals surface area contributed by atoms with E-state index in [0.717, 1.165) is 12.1 Å². The summed E-state index contributed by atoms with van der Waals surface area (Å²) in [5.74, 6) is -0.773. The molecule has 1 saturated heterocycles. The lowest BCUT2D eigenvalue weighted by molar-refractivity contribution is -0.130. The van der Waals surface area contributed by atoms with Crippen LogP contribution in [0.5, 0.6) is 0 Å². The smallest absolute Gasteiger partial charge is 0.240 e. The number of hydrogen-bond donors (Lipinski definition) is 3. The zero-order chi connectivity index (χ0) is 21.6. The standard InChI is InChI=1S/C19H23FN4O5S/c20-13-1-4-16(5-2-13)30(27,28)24-17-6-3-15(29-18(17)11-25)9-19(26)22-10-14-7-8-21-12-23-14/h1-2,4-5,7-8,12,15,17-18,24-25H,3,6,9-11H2,(H,22,26)/t15-,17+,18+/m0/s1. The Morgan fingerprint density at radius 3 is 2.67 bits per heavy atom. The molecule has 0 unspecified atom stereocenters. The van der Waals surface area contributed by atoms with E-state index in [0.29, 0.717) is 18.5 Å². The molecule has 1 aromatic carbocycles. The number of halogens is 1. The minimum Gasteiger partial charge on any atom is -0.394 e. The van der Waals surface area contributed by atoms with Crippen LogP contribution < -0.4 is 10.0 Å². The Labute approximate surface area is 173 Å². The summed E-state index contributed by atoms with van der Waals surface area (Å²) in [5.41, 5.74) is 0.673. The van der Waals surface area contributed by atoms with Gasteiger partial charge >= 0.3 is 0 Å². The van der Waals surface area contributed by atoms with E-state index in [1.54, 1.807) is 12.3 Å². The molecule has 30 heavy (non-hydrogen) atoms. The summed E-state index contributed by atoms with van der Waals surface area (Å²) in [7, 11) is -3.90. The fourth-order valence-electron chi connectivity index (χ4n) is 3.19. The van der Waals surface area contributed by atoms with E-state index in [1.165, 1.54) is 18.5 Å². The molecule has 9 nitrogen and oxygen atoms in total. The van der Waals surface area contributed by atoms with Crippen molar-refractivity contribution < 1.29 is 27.4 Å². The molecule has 11 heteroatoms. The minimum absolute atomic E-state index is 0.0770. The number of rotatable bonds is 8. The summed E-state index contributed by atoms with van der Waals surface area (Å²) in [5, 5.41) is 12.4. The first-order valence-corrected chi connectivity index (χ1v) is 10.9. The third-order valence-electron chi connectivity index (χ3n) is 4.75. The quantitative estimate of drug-likeness (QED) is 0.547. The molecule has 0 spiro atoms. The number of aromatic nitrogens is 2. The molecule has 1 aliphatic heterocycles. The second kappa shape index (κ2) is 10.0. The first-order chi connectivity index (χ1) is 14.4. The maximum Gasteiger partial charge on any atom is 0.240 e. The normalized spacial score (nSPS) is 21.9. The van der Waals surface area contributed by atoms with Gasteiger partial charge in [0.2, 0.25) is 15.9 Å². The fraction of sp³-hybridized carbons (Fsp3) is 0.421. The van der Waals surface area contributed by atoms with Crippen molar-refractivity contribution in [1.29, 1.82) is 0 Å². The molecule has 3 atom stereocenters. The molecule has 1 amide bonds. The molecule has 0 radical (unpaired) electrons. The predicted molar refractivity (Wildman–Crippen MR) is 104 cm³/mol. The fourth-order valence-corrected chi connectivity index (χ4v) is 4.49. The largest absolute Gasteiger partial charge is 0.394 e. The van der Waals surface area contributed by atoms with Crippen molar-refractivity contribution in [2.24, 2.45) is 0 Å². The average molecular weight is 438 g/mol. The van der Waals surface area contributed by atoms with E-state index in [-0.39, 0.29) is 23.8 Å². The third kappa shape index (κ3) is 6.02. The molecule has 2 aromatic rings. The number of benzene rings is 1. The maximum atomic E-state index is 13.0. The monoisotopic (exact) mass is 438 g/mol. The number of carbonyl (C=O) groups is 1. The molecule has 1 fully saturated rings. The van der Waals surface area contributed by atoms with Crippen LogP contribution in [0.1, 0.15) is 25.0 Å². The number of aliphatic hydroxyl groups is 1. The molecule has 162 valence electrons. The molecule has 3 rings (SSSR count). The summed E-state index contributed by atoms with van der Waals surface area (Å²) in [6, 6.07) is 5.49. The molecular formula is C19H23FN4O5S. The van der Waals surface area contributed by atoms with Crippen LogP contribution in [0.25, 0.3) is 0 Å². The summed E-state index contributed by atoms with van der Waals surface area (Å²) in [6.07, 6.45) is 2.64. The van der Waals surface area contributed by atoms with Crippen LogP contribution in [0.4, 0.5) is 4.39 Å². The molecule has 1 aliphatic rings. The zero-order valence-electron chi connectivity index (χ0n) is 16.1. The Morgan fingerprint density at radius 2 is 2.00 bits per heavy atom. The predicted octanol–water partition coefficient (Wildman–Crippen LogP) is 0.509. The van der Waals surface area contributed by atoms with Gasteiger partial charge in [-0.2, -0.15) is 0 Å². The number of ether oxygens (including phenoxy) is 1. The van der Waals surface area contributed by atoms with Crippen LogP contribution in [0.3, 0.4) is 0 Å². The van der Waals surface area contributed by atoms with Gasteiger partial charge in [-0.25, -0.2) is 27.5 Å². The third-order valence-corrected chi connectivity index (χ3v) is 6.25. The van der Waals surface area contributed by atoms with E-state index < -0.39 is 40.7 Å². The second-order valence-corrected chi connectivity index (χ2v) is 8.63. The van der Waals surface area contributed by atoms with E-state index in [1.807, 2.05) is 0 Å². The number of aliphatic hydroxyl groups excluding tert-OH is 1. The van der Waals surface area contributed by atoms with Crippen LogP contribution >= 0.6 is 0 Å². The van der Waals surface area contributed by atoms with Crippen LogP contribution in [0.15, 0.2) is 47.8 Å². The lowest BCUT2D eigenvalue weighted by Gasteiger charge is -2.35. The lowest BCUT2D eigenvalue weighted by atomic mass is 9.98. The Bertz CT molecular complexity index is 943. The highest BCUT2D eigenvalue weighted by atomic mass is 32.2. The van der Waals surface area contributed by atoms with Gasteiger partial charge in [-0.05, 0) is 43.2 Å². The van der Waals surface area contributed by atoms with Crippen molar-refractivity contribution in [3.8, 4) is 0 Å². The van der Waals surface area contributed by atoms with Crippen molar-refractivity contribution >= 4 is 15.9 Å². The van der Waals surface area contributed by atoms with Gasteiger partial charge in [0.05, 0.1) is 48.4 Å². The summed E-state index contributed by atoms with van der Waals surface area (Å²) < 4.78 is 46.3. The molecule has 2 heterocycles. The first kappa shape index (κ1) is 22.2. The Morgan fingerprint density at radius 1 is 1.23 bits per heavy atom. The molecular weight excluding hydrogens is 415 g/mol. The summed E-state index contributed by atoms with van der Waals surface area (Å²) in [6.45, 7) is -0.146. The molecule has 0 bridgehead atoms. The van der Waals surface area contributed by atoms with Gasteiger partial charge in [0.15, 0.2) is 0 Å². The van der Waals surface area contributed by atoms with Crippen molar-refractivity contribution in [1.82, 2.24) is 20.0 Å². The number of nitrogens with zero attached hydrogens (tertiary/aromatic N) is 2. The number of hydrogen-bond acceptors (Lipinski definition) is 7. The first-order valence-electron chi connectivity index (χ1n) is 9.43. The highest BCUT2D eigenvalue weighted by Crippen LogP contribution is 2.23. The Balaban J connectivity index is 1.53. The zero-order valence-corrected chi connectivity index (χ0v) is 16.9. The molecule has 3 N–H and O–H groups in total. The van der Waals surface area contributed by atoms with Crippen LogP contribution in [-0.4, -0.2) is 54.3 Å². The summed E-state index contributed by atoms with van der Waals surface area (Å²) in [4.78, 5) is 19.9. The maximum absolute atomic E-state index is 13.0. The molecule has 0 aliphatic carbocycles. The topological polar surface area (TPSA) is 131 Å². The van der Waals surface area contributed by atoms with Gasteiger partial charge < -0.3 is 15.2 Å². The average Bonchev–Trinajstić information content (AvgIpc) is 2.74. The Hall–Kier alpha value is -2.47. The van der Waals surface area contributed by atoms with E-state index >= 15 is 0 Å². The number of carbonyl (C=O) groups excluding carboxylic acids is 1. The van der Waals surface area contributed by atoms with Crippen LogP contribution in [0, 0.1) is 5.82 Å². The highest BCUT2D eigenvalue weighted by Gasteiger charge is 2.34. The van der Waals surface area contributed by atoms with E-state index in [9.17, 15) is 22.7 Å².